The lowest BCUT2D eigenvalue weighted by molar-refractivity contribution is -0.108. The number of aromatic nitrogens is 2. The van der Waals surface area contributed by atoms with Gasteiger partial charge < -0.3 is 9.53 Å². The molecule has 0 spiro atoms. The van der Waals surface area contributed by atoms with Crippen molar-refractivity contribution in [3.63, 3.8) is 0 Å². The Kier molecular flexibility index (Phi) is 6.95. The Bertz CT molecular complexity index is 1020. The Hall–Kier alpha value is -2.76. The molecule has 1 aromatic heterocycles. The number of aldehydes is 1. The Morgan fingerprint density at radius 3 is 2.68 bits per heavy atom. The van der Waals surface area contributed by atoms with Gasteiger partial charge in [-0.05, 0) is 55.3 Å². The summed E-state index contributed by atoms with van der Waals surface area (Å²) < 4.78 is 5.86. The molecule has 2 heterocycles. The van der Waals surface area contributed by atoms with Crippen molar-refractivity contribution in [1.29, 1.82) is 0 Å². The zero-order valence-corrected chi connectivity index (χ0v) is 18.4. The van der Waals surface area contributed by atoms with Crippen LogP contribution in [-0.4, -0.2) is 33.7 Å². The van der Waals surface area contributed by atoms with Crippen LogP contribution in [-0.2, 0) is 24.4 Å². The smallest absolute Gasteiger partial charge is 0.159 e. The molecule has 1 aliphatic rings. The average Bonchev–Trinajstić information content (AvgIpc) is 2.82. The number of hydrogen-bond acceptors (Lipinski definition) is 5. The summed E-state index contributed by atoms with van der Waals surface area (Å²) in [5.41, 5.74) is 4.34. The van der Waals surface area contributed by atoms with Gasteiger partial charge in [-0.25, -0.2) is 9.97 Å². The van der Waals surface area contributed by atoms with Gasteiger partial charge in [0.2, 0.25) is 0 Å². The molecule has 0 aliphatic carbocycles. The first-order chi connectivity index (χ1) is 15.1. The second-order valence-electron chi connectivity index (χ2n) is 7.92. The summed E-state index contributed by atoms with van der Waals surface area (Å²) in [7, 11) is 0. The lowest BCUT2D eigenvalue weighted by Crippen LogP contribution is -2.38. The molecule has 0 bridgehead atoms. The monoisotopic (exact) mass is 435 g/mol. The van der Waals surface area contributed by atoms with Crippen molar-refractivity contribution in [2.75, 3.05) is 6.54 Å². The first kappa shape index (κ1) is 21.5. The van der Waals surface area contributed by atoms with Gasteiger partial charge in [0.15, 0.2) is 5.82 Å². The summed E-state index contributed by atoms with van der Waals surface area (Å²) in [6, 6.07) is 15.9. The highest BCUT2D eigenvalue weighted by Gasteiger charge is 2.22. The summed E-state index contributed by atoms with van der Waals surface area (Å²) in [5, 5.41) is 0.721. The van der Waals surface area contributed by atoms with Crippen LogP contribution >= 0.6 is 11.6 Å². The Balaban J connectivity index is 1.39. The van der Waals surface area contributed by atoms with Crippen LogP contribution in [0.15, 0.2) is 54.7 Å². The molecule has 0 radical (unpaired) electrons. The fourth-order valence-corrected chi connectivity index (χ4v) is 3.92. The van der Waals surface area contributed by atoms with E-state index in [4.69, 9.17) is 21.3 Å². The van der Waals surface area contributed by atoms with Crippen molar-refractivity contribution in [2.24, 2.45) is 0 Å². The van der Waals surface area contributed by atoms with Gasteiger partial charge in [-0.1, -0.05) is 23.7 Å². The minimum Gasteiger partial charge on any atom is -0.489 e. The molecule has 160 valence electrons. The van der Waals surface area contributed by atoms with Crippen LogP contribution in [0.3, 0.4) is 0 Å². The average molecular weight is 436 g/mol. The summed E-state index contributed by atoms with van der Waals surface area (Å²) in [6.45, 7) is 4.47. The van der Waals surface area contributed by atoms with Crippen LogP contribution in [0.4, 0.5) is 0 Å². The number of carbonyl (C=O) groups excluding carboxylic acids is 1. The van der Waals surface area contributed by atoms with E-state index in [9.17, 15) is 4.79 Å². The molecular weight excluding hydrogens is 410 g/mol. The minimum absolute atomic E-state index is 0.387. The van der Waals surface area contributed by atoms with Crippen LogP contribution in [0.5, 0.6) is 5.75 Å². The lowest BCUT2D eigenvalue weighted by atomic mass is 10.0. The van der Waals surface area contributed by atoms with E-state index < -0.39 is 0 Å². The van der Waals surface area contributed by atoms with Gasteiger partial charge in [-0.3, -0.25) is 4.90 Å². The van der Waals surface area contributed by atoms with Gasteiger partial charge in [0.25, 0.3) is 0 Å². The lowest BCUT2D eigenvalue weighted by Gasteiger charge is -2.33. The molecule has 0 fully saturated rings. The SMILES string of the molecule is CC(CCC=O)N1CCc2nc(-c3ccc(OCc4ccc(Cl)cc4)cc3)ncc2C1. The van der Waals surface area contributed by atoms with Crippen LogP contribution in [0.1, 0.15) is 36.6 Å². The maximum absolute atomic E-state index is 10.6. The molecule has 6 heteroatoms. The van der Waals surface area contributed by atoms with Gasteiger partial charge in [-0.15, -0.1) is 0 Å². The van der Waals surface area contributed by atoms with Crippen LogP contribution in [0.25, 0.3) is 11.4 Å². The minimum atomic E-state index is 0.387. The molecule has 3 aromatic rings. The van der Waals surface area contributed by atoms with Gasteiger partial charge in [-0.2, -0.15) is 0 Å². The predicted molar refractivity (Wildman–Crippen MR) is 122 cm³/mol. The van der Waals surface area contributed by atoms with Crippen LogP contribution in [0, 0.1) is 0 Å². The summed E-state index contributed by atoms with van der Waals surface area (Å²) in [4.78, 5) is 22.5. The number of benzene rings is 2. The molecule has 0 amide bonds. The van der Waals surface area contributed by atoms with Gasteiger partial charge in [0, 0.05) is 54.3 Å². The summed E-state index contributed by atoms with van der Waals surface area (Å²) in [6.07, 6.45) is 5.35. The van der Waals surface area contributed by atoms with E-state index in [1.54, 1.807) is 0 Å². The quantitative estimate of drug-likeness (QED) is 0.460. The van der Waals surface area contributed by atoms with E-state index in [0.717, 1.165) is 65.6 Å². The van der Waals surface area contributed by atoms with E-state index in [-0.39, 0.29) is 0 Å². The van der Waals surface area contributed by atoms with Crippen molar-refractivity contribution in [3.8, 4) is 17.1 Å². The highest BCUT2D eigenvalue weighted by molar-refractivity contribution is 6.30. The van der Waals surface area contributed by atoms with Crippen LogP contribution in [0.2, 0.25) is 5.02 Å². The Morgan fingerprint density at radius 2 is 1.94 bits per heavy atom. The molecule has 31 heavy (non-hydrogen) atoms. The predicted octanol–water partition coefficient (Wildman–Crippen LogP) is 5.10. The first-order valence-electron chi connectivity index (χ1n) is 10.6. The molecule has 4 rings (SSSR count). The third-order valence-electron chi connectivity index (χ3n) is 5.72. The fourth-order valence-electron chi connectivity index (χ4n) is 3.79. The fraction of sp³-hybridized carbons (Fsp3) is 0.320. The molecular formula is C25H26ClN3O2. The number of hydrogen-bond donors (Lipinski definition) is 0. The van der Waals surface area contributed by atoms with E-state index in [2.05, 4.69) is 16.8 Å². The van der Waals surface area contributed by atoms with Crippen molar-refractivity contribution in [2.45, 2.75) is 45.4 Å². The van der Waals surface area contributed by atoms with Crippen molar-refractivity contribution < 1.29 is 9.53 Å². The third kappa shape index (κ3) is 5.49. The highest BCUT2D eigenvalue weighted by atomic mass is 35.5. The maximum Gasteiger partial charge on any atom is 0.159 e. The normalized spacial score (nSPS) is 14.6. The highest BCUT2D eigenvalue weighted by Crippen LogP contribution is 2.25. The number of fused-ring (bicyclic) bond motifs is 1. The molecule has 2 aromatic carbocycles. The second kappa shape index (κ2) is 10.0. The third-order valence-corrected chi connectivity index (χ3v) is 5.97. The molecule has 1 aliphatic heterocycles. The van der Waals surface area contributed by atoms with Gasteiger partial charge >= 0.3 is 0 Å². The maximum atomic E-state index is 10.6. The van der Waals surface area contributed by atoms with E-state index in [1.807, 2.05) is 54.7 Å². The topological polar surface area (TPSA) is 55.3 Å². The standard InChI is InChI=1S/C25H26ClN3O2/c1-18(3-2-14-30)29-13-12-24-21(16-29)15-27-25(28-24)20-6-10-23(11-7-20)31-17-19-4-8-22(26)9-5-19/h4-11,14-15,18H,2-3,12-13,16-17H2,1H3. The van der Waals surface area contributed by atoms with Gasteiger partial charge in [0.05, 0.1) is 5.69 Å². The van der Waals surface area contributed by atoms with E-state index in [0.29, 0.717) is 19.1 Å². The molecule has 1 atom stereocenters. The zero-order chi connectivity index (χ0) is 21.6. The Morgan fingerprint density at radius 1 is 1.16 bits per heavy atom. The van der Waals surface area contributed by atoms with Crippen molar-refractivity contribution in [1.82, 2.24) is 14.9 Å². The number of halogens is 1. The van der Waals surface area contributed by atoms with E-state index >= 15 is 0 Å². The number of rotatable bonds is 8. The van der Waals surface area contributed by atoms with Gasteiger partial charge in [0.1, 0.15) is 18.6 Å². The van der Waals surface area contributed by atoms with Crippen molar-refractivity contribution >= 4 is 17.9 Å². The van der Waals surface area contributed by atoms with E-state index in [1.165, 1.54) is 5.56 Å². The molecule has 5 nitrogen and oxygen atoms in total. The number of carbonyl (C=O) groups is 1. The summed E-state index contributed by atoms with van der Waals surface area (Å²) >= 11 is 5.92. The second-order valence-corrected chi connectivity index (χ2v) is 8.36. The molecule has 0 saturated heterocycles. The summed E-state index contributed by atoms with van der Waals surface area (Å²) in [5.74, 6) is 1.54. The number of ether oxygens (including phenoxy) is 1. The largest absolute Gasteiger partial charge is 0.489 e. The molecule has 0 N–H and O–H groups in total. The molecule has 0 saturated carbocycles. The van der Waals surface area contributed by atoms with Crippen molar-refractivity contribution in [3.05, 3.63) is 76.6 Å². The first-order valence-corrected chi connectivity index (χ1v) is 11.0. The number of nitrogens with zero attached hydrogens (tertiary/aromatic N) is 3. The zero-order valence-electron chi connectivity index (χ0n) is 17.6. The Labute approximate surface area is 188 Å². The molecule has 1 unspecified atom stereocenters. The van der Waals surface area contributed by atoms with Crippen LogP contribution < -0.4 is 4.74 Å².